The van der Waals surface area contributed by atoms with Gasteiger partial charge in [-0.1, -0.05) is 0 Å². The molecule has 0 aromatic heterocycles. The van der Waals surface area contributed by atoms with E-state index < -0.39 is 5.97 Å². The second-order valence-corrected chi connectivity index (χ2v) is 7.91. The van der Waals surface area contributed by atoms with E-state index in [2.05, 4.69) is 14.9 Å². The highest BCUT2D eigenvalue weighted by molar-refractivity contribution is 5.95. The van der Waals surface area contributed by atoms with Gasteiger partial charge in [-0.2, -0.15) is 0 Å². The summed E-state index contributed by atoms with van der Waals surface area (Å²) in [5, 5.41) is 28.9. The number of nitrogens with zero attached hydrogens (tertiary/aromatic N) is 4. The minimum absolute atomic E-state index is 0.0500. The molecule has 3 rings (SSSR count). The van der Waals surface area contributed by atoms with Gasteiger partial charge in [-0.3, -0.25) is 20.5 Å². The van der Waals surface area contributed by atoms with Gasteiger partial charge in [0.1, 0.15) is 5.84 Å². The van der Waals surface area contributed by atoms with E-state index in [9.17, 15) is 4.79 Å². The molecule has 2 saturated heterocycles. The number of carbonyl (C=O) groups is 1. The number of hydrogen-bond acceptors (Lipinski definition) is 7. The maximum atomic E-state index is 11.1. The van der Waals surface area contributed by atoms with Gasteiger partial charge in [0.25, 0.3) is 0 Å². The number of hydrazine groups is 1. The Kier molecular flexibility index (Phi) is 7.24. The molecule has 2 aliphatic heterocycles. The molecule has 2 fully saturated rings. The number of amidine groups is 2. The predicted octanol–water partition coefficient (Wildman–Crippen LogP) is -0.205. The largest absolute Gasteiger partial charge is 0.480 e. The Morgan fingerprint density at radius 1 is 1.03 bits per heavy atom. The lowest BCUT2D eigenvalue weighted by Gasteiger charge is -2.49. The predicted molar refractivity (Wildman–Crippen MR) is 117 cm³/mol. The molecule has 1 atom stereocenters. The van der Waals surface area contributed by atoms with E-state index in [1.807, 2.05) is 29.2 Å². The lowest BCUT2D eigenvalue weighted by molar-refractivity contribution is -0.142. The van der Waals surface area contributed by atoms with Crippen LogP contribution in [0.15, 0.2) is 24.3 Å². The summed E-state index contributed by atoms with van der Waals surface area (Å²) in [6.45, 7) is 5.75. The average molecular weight is 417 g/mol. The minimum atomic E-state index is -0.807. The first kappa shape index (κ1) is 22.0. The summed E-state index contributed by atoms with van der Waals surface area (Å²) in [6.07, 6.45) is 1.27. The number of hydrogen-bond donors (Lipinski definition) is 5. The van der Waals surface area contributed by atoms with Crippen molar-refractivity contribution in [2.24, 2.45) is 11.5 Å². The minimum Gasteiger partial charge on any atom is -0.480 e. The molecule has 2 heterocycles. The van der Waals surface area contributed by atoms with E-state index in [1.54, 1.807) is 0 Å². The number of benzene rings is 1. The summed E-state index contributed by atoms with van der Waals surface area (Å²) >= 11 is 0. The molecule has 0 aliphatic carbocycles. The number of carboxylic acids is 1. The molecule has 0 spiro atoms. The van der Waals surface area contributed by atoms with Crippen molar-refractivity contribution < 1.29 is 9.90 Å². The Morgan fingerprint density at radius 3 is 2.27 bits per heavy atom. The Bertz CT molecular complexity index is 761. The van der Waals surface area contributed by atoms with E-state index in [1.165, 1.54) is 0 Å². The van der Waals surface area contributed by atoms with Crippen LogP contribution < -0.4 is 16.4 Å². The zero-order valence-electron chi connectivity index (χ0n) is 17.3. The fraction of sp³-hybridized carbons (Fsp3) is 0.550. The standard InChI is InChI=1S/C20H32N8O2/c21-18(22)6-5-17-13-25(14-19(29)30)7-12-28(17)27-10-8-26(9-11-27)16-3-1-15(2-4-16)20(23)24/h1-4,17H,5-14H2,(H3,21,22)(H3,23,24)(H,29,30). The van der Waals surface area contributed by atoms with Gasteiger partial charge in [0.2, 0.25) is 0 Å². The normalized spacial score (nSPS) is 21.5. The zero-order chi connectivity index (χ0) is 21.7. The molecule has 0 saturated carbocycles. The van der Waals surface area contributed by atoms with Crippen LogP contribution in [0.25, 0.3) is 0 Å². The van der Waals surface area contributed by atoms with E-state index in [4.69, 9.17) is 27.4 Å². The van der Waals surface area contributed by atoms with Crippen LogP contribution in [0.1, 0.15) is 18.4 Å². The van der Waals surface area contributed by atoms with Gasteiger partial charge < -0.3 is 21.5 Å². The summed E-state index contributed by atoms with van der Waals surface area (Å²) in [6, 6.07) is 7.93. The molecule has 0 radical (unpaired) electrons. The highest BCUT2D eigenvalue weighted by Crippen LogP contribution is 2.22. The fourth-order valence-electron chi connectivity index (χ4n) is 4.24. The van der Waals surface area contributed by atoms with Crippen LogP contribution in [-0.4, -0.2) is 96.1 Å². The van der Waals surface area contributed by atoms with E-state index in [-0.39, 0.29) is 24.3 Å². The number of anilines is 1. The van der Waals surface area contributed by atoms with Crippen molar-refractivity contribution in [3.63, 3.8) is 0 Å². The molecule has 0 amide bonds. The van der Waals surface area contributed by atoms with Crippen molar-refractivity contribution in [2.45, 2.75) is 18.9 Å². The van der Waals surface area contributed by atoms with Crippen LogP contribution in [0.3, 0.4) is 0 Å². The Hall–Kier alpha value is -2.69. The zero-order valence-corrected chi connectivity index (χ0v) is 17.3. The summed E-state index contributed by atoms with van der Waals surface area (Å²) in [4.78, 5) is 15.4. The highest BCUT2D eigenvalue weighted by atomic mass is 16.4. The SMILES string of the molecule is N=C(N)CCC1CN(CC(=O)O)CCN1N1CCN(c2ccc(C(=N)N)cc2)CC1. The molecule has 1 unspecified atom stereocenters. The van der Waals surface area contributed by atoms with Crippen molar-refractivity contribution in [3.05, 3.63) is 29.8 Å². The molecule has 10 heteroatoms. The monoisotopic (exact) mass is 416 g/mol. The Labute approximate surface area is 177 Å². The van der Waals surface area contributed by atoms with Crippen LogP contribution in [0, 0.1) is 10.8 Å². The van der Waals surface area contributed by atoms with Gasteiger partial charge in [0.15, 0.2) is 0 Å². The molecule has 1 aromatic carbocycles. The molecular weight excluding hydrogens is 384 g/mol. The molecule has 30 heavy (non-hydrogen) atoms. The first-order valence-corrected chi connectivity index (χ1v) is 10.3. The van der Waals surface area contributed by atoms with Crippen LogP contribution in [-0.2, 0) is 4.79 Å². The third-order valence-corrected chi connectivity index (χ3v) is 5.80. The number of rotatable bonds is 8. The van der Waals surface area contributed by atoms with Gasteiger partial charge in [0.05, 0.1) is 12.4 Å². The first-order valence-electron chi connectivity index (χ1n) is 10.3. The van der Waals surface area contributed by atoms with Crippen molar-refractivity contribution in [1.82, 2.24) is 14.9 Å². The first-order chi connectivity index (χ1) is 14.3. The smallest absolute Gasteiger partial charge is 0.317 e. The number of nitrogen functional groups attached to an aromatic ring is 1. The van der Waals surface area contributed by atoms with E-state index >= 15 is 0 Å². The average Bonchev–Trinajstić information content (AvgIpc) is 2.72. The molecular formula is C20H32N8O2. The lowest BCUT2D eigenvalue weighted by Crippen LogP contribution is -2.63. The Morgan fingerprint density at radius 2 is 1.70 bits per heavy atom. The van der Waals surface area contributed by atoms with Gasteiger partial charge in [0, 0.05) is 69.5 Å². The maximum Gasteiger partial charge on any atom is 0.317 e. The van der Waals surface area contributed by atoms with Crippen LogP contribution in [0.5, 0.6) is 0 Å². The number of piperazine rings is 2. The van der Waals surface area contributed by atoms with Crippen LogP contribution >= 0.6 is 0 Å². The molecule has 10 nitrogen and oxygen atoms in total. The number of aliphatic carboxylic acids is 1. The Balaban J connectivity index is 1.59. The quantitative estimate of drug-likeness (QED) is 0.289. The van der Waals surface area contributed by atoms with Crippen LogP contribution in [0.4, 0.5) is 5.69 Å². The molecule has 7 N–H and O–H groups in total. The summed E-state index contributed by atoms with van der Waals surface area (Å²) in [5.41, 5.74) is 13.0. The van der Waals surface area contributed by atoms with Crippen molar-refractivity contribution in [3.8, 4) is 0 Å². The number of nitrogens with two attached hydrogens (primary N) is 2. The lowest BCUT2D eigenvalue weighted by atomic mass is 10.1. The second-order valence-electron chi connectivity index (χ2n) is 7.91. The second kappa shape index (κ2) is 9.88. The molecule has 2 aliphatic rings. The third kappa shape index (κ3) is 5.68. The molecule has 164 valence electrons. The number of nitrogens with one attached hydrogen (secondary N) is 2. The van der Waals surface area contributed by atoms with Crippen molar-refractivity contribution in [1.29, 1.82) is 10.8 Å². The summed E-state index contributed by atoms with van der Waals surface area (Å²) in [5.74, 6) is -0.563. The summed E-state index contributed by atoms with van der Waals surface area (Å²) < 4.78 is 0. The van der Waals surface area contributed by atoms with Gasteiger partial charge >= 0.3 is 5.97 Å². The van der Waals surface area contributed by atoms with E-state index in [0.717, 1.165) is 56.9 Å². The fourth-order valence-corrected chi connectivity index (χ4v) is 4.24. The highest BCUT2D eigenvalue weighted by Gasteiger charge is 2.33. The third-order valence-electron chi connectivity index (χ3n) is 5.80. The molecule has 1 aromatic rings. The van der Waals surface area contributed by atoms with Crippen molar-refractivity contribution >= 4 is 23.3 Å². The van der Waals surface area contributed by atoms with Gasteiger partial charge in [-0.05, 0) is 30.7 Å². The van der Waals surface area contributed by atoms with Crippen molar-refractivity contribution in [2.75, 3.05) is 57.3 Å². The number of carboxylic acid groups (broad SMARTS) is 1. The molecule has 0 bridgehead atoms. The maximum absolute atomic E-state index is 11.1. The van der Waals surface area contributed by atoms with E-state index in [0.29, 0.717) is 13.0 Å². The van der Waals surface area contributed by atoms with Gasteiger partial charge in [-0.25, -0.2) is 10.0 Å². The topological polar surface area (TPSA) is 150 Å². The van der Waals surface area contributed by atoms with Gasteiger partial charge in [-0.15, -0.1) is 0 Å². The summed E-state index contributed by atoms with van der Waals surface area (Å²) in [7, 11) is 0. The van der Waals surface area contributed by atoms with Crippen LogP contribution in [0.2, 0.25) is 0 Å².